The van der Waals surface area contributed by atoms with Crippen LogP contribution in [0, 0.1) is 5.41 Å². The fourth-order valence-electron chi connectivity index (χ4n) is 1.15. The zero-order chi connectivity index (χ0) is 9.42. The molecule has 0 saturated heterocycles. The van der Waals surface area contributed by atoms with E-state index in [0.29, 0.717) is 0 Å². The number of thioether (sulfide) groups is 1. The lowest BCUT2D eigenvalue weighted by Gasteiger charge is -2.11. The summed E-state index contributed by atoms with van der Waals surface area (Å²) in [6, 6.07) is 2.09. The average Bonchev–Trinajstić information content (AvgIpc) is 2.56. The summed E-state index contributed by atoms with van der Waals surface area (Å²) < 4.78 is 0. The fourth-order valence-corrected chi connectivity index (χ4v) is 3.34. The van der Waals surface area contributed by atoms with Crippen LogP contribution in [0.3, 0.4) is 0 Å². The SMILES string of the molecule is CN1/C(=C/C(=N)N)Sc2ccsc21. The maximum absolute atomic E-state index is 7.17. The van der Waals surface area contributed by atoms with Crippen molar-refractivity contribution in [2.24, 2.45) is 5.73 Å². The zero-order valence-corrected chi connectivity index (χ0v) is 8.71. The van der Waals surface area contributed by atoms with Crippen LogP contribution in [-0.2, 0) is 0 Å². The molecule has 0 fully saturated rings. The Hall–Kier alpha value is -0.940. The number of amidine groups is 1. The van der Waals surface area contributed by atoms with Gasteiger partial charge in [-0.1, -0.05) is 11.8 Å². The van der Waals surface area contributed by atoms with Gasteiger partial charge in [-0.15, -0.1) is 11.3 Å². The number of fused-ring (bicyclic) bond motifs is 1. The van der Waals surface area contributed by atoms with Crippen molar-refractivity contribution < 1.29 is 0 Å². The van der Waals surface area contributed by atoms with Gasteiger partial charge >= 0.3 is 0 Å². The molecule has 2 rings (SSSR count). The first kappa shape index (κ1) is 8.65. The number of thiophene rings is 1. The van der Waals surface area contributed by atoms with Crippen LogP contribution in [0.1, 0.15) is 0 Å². The van der Waals surface area contributed by atoms with Crippen molar-refractivity contribution in [1.82, 2.24) is 0 Å². The van der Waals surface area contributed by atoms with Crippen LogP contribution in [0.4, 0.5) is 5.00 Å². The standard InChI is InChI=1S/C8H9N3S2/c1-11-7(4-6(9)10)13-5-2-3-12-8(5)11/h2-4H,1H3,(H3,9,10)/b7-4-. The third kappa shape index (κ3) is 1.45. The van der Waals surface area contributed by atoms with Crippen molar-refractivity contribution in [3.63, 3.8) is 0 Å². The minimum Gasteiger partial charge on any atom is -0.384 e. The molecule has 0 amide bonds. The molecule has 1 aromatic heterocycles. The van der Waals surface area contributed by atoms with Crippen molar-refractivity contribution >= 4 is 33.9 Å². The molecule has 0 saturated carbocycles. The van der Waals surface area contributed by atoms with E-state index in [-0.39, 0.29) is 5.84 Å². The van der Waals surface area contributed by atoms with Gasteiger partial charge in [0.15, 0.2) is 0 Å². The summed E-state index contributed by atoms with van der Waals surface area (Å²) in [6.07, 6.45) is 1.68. The van der Waals surface area contributed by atoms with E-state index in [4.69, 9.17) is 11.1 Å². The first-order chi connectivity index (χ1) is 6.18. The van der Waals surface area contributed by atoms with E-state index in [1.54, 1.807) is 29.2 Å². The van der Waals surface area contributed by atoms with Gasteiger partial charge in [-0.25, -0.2) is 0 Å². The van der Waals surface area contributed by atoms with Crippen molar-refractivity contribution in [2.45, 2.75) is 4.90 Å². The highest BCUT2D eigenvalue weighted by Gasteiger charge is 2.22. The van der Waals surface area contributed by atoms with Crippen molar-refractivity contribution in [3.05, 3.63) is 22.6 Å². The molecule has 1 aliphatic heterocycles. The van der Waals surface area contributed by atoms with Gasteiger partial charge in [0.05, 0.1) is 5.03 Å². The third-order valence-corrected chi connectivity index (χ3v) is 4.01. The lowest BCUT2D eigenvalue weighted by Crippen LogP contribution is -2.13. The van der Waals surface area contributed by atoms with Gasteiger partial charge in [-0.3, -0.25) is 5.41 Å². The molecule has 13 heavy (non-hydrogen) atoms. The van der Waals surface area contributed by atoms with Crippen LogP contribution in [0.15, 0.2) is 27.4 Å². The van der Waals surface area contributed by atoms with Crippen molar-refractivity contribution in [1.29, 1.82) is 5.41 Å². The fraction of sp³-hybridized carbons (Fsp3) is 0.125. The second-order valence-corrected chi connectivity index (χ2v) is 4.65. The van der Waals surface area contributed by atoms with Crippen molar-refractivity contribution in [3.8, 4) is 0 Å². The van der Waals surface area contributed by atoms with Gasteiger partial charge in [0.2, 0.25) is 0 Å². The second kappa shape index (κ2) is 3.08. The number of hydrogen-bond acceptors (Lipinski definition) is 4. The highest BCUT2D eigenvalue weighted by molar-refractivity contribution is 8.04. The predicted molar refractivity (Wildman–Crippen MR) is 58.6 cm³/mol. The summed E-state index contributed by atoms with van der Waals surface area (Å²) >= 11 is 3.36. The first-order valence-electron chi connectivity index (χ1n) is 3.73. The van der Waals surface area contributed by atoms with E-state index < -0.39 is 0 Å². The molecule has 3 N–H and O–H groups in total. The Balaban J connectivity index is 2.34. The smallest absolute Gasteiger partial charge is 0.117 e. The Morgan fingerprint density at radius 2 is 2.46 bits per heavy atom. The predicted octanol–water partition coefficient (Wildman–Crippen LogP) is 2.07. The number of nitrogens with one attached hydrogen (secondary N) is 1. The van der Waals surface area contributed by atoms with Crippen molar-refractivity contribution in [2.75, 3.05) is 11.9 Å². The van der Waals surface area contributed by atoms with Crippen LogP contribution >= 0.6 is 23.1 Å². The molecule has 0 unspecified atom stereocenters. The first-order valence-corrected chi connectivity index (χ1v) is 5.43. The molecular weight excluding hydrogens is 202 g/mol. The second-order valence-electron chi connectivity index (χ2n) is 2.69. The lowest BCUT2D eigenvalue weighted by atomic mass is 10.5. The third-order valence-electron chi connectivity index (χ3n) is 1.74. The van der Waals surface area contributed by atoms with Gasteiger partial charge < -0.3 is 10.6 Å². The van der Waals surface area contributed by atoms with Crippen LogP contribution < -0.4 is 10.6 Å². The average molecular weight is 211 g/mol. The van der Waals surface area contributed by atoms with E-state index in [1.165, 1.54) is 9.90 Å². The molecular formula is C8H9N3S2. The molecule has 0 bridgehead atoms. The minimum absolute atomic E-state index is 0.101. The largest absolute Gasteiger partial charge is 0.384 e. The number of nitrogens with two attached hydrogens (primary N) is 1. The van der Waals surface area contributed by atoms with Gasteiger partial charge in [0, 0.05) is 18.0 Å². The summed E-state index contributed by atoms with van der Waals surface area (Å²) in [4.78, 5) is 3.31. The van der Waals surface area contributed by atoms with Crippen LogP contribution in [-0.4, -0.2) is 12.9 Å². The monoisotopic (exact) mass is 211 g/mol. The number of rotatable bonds is 1. The van der Waals surface area contributed by atoms with E-state index in [0.717, 1.165) is 5.03 Å². The van der Waals surface area contributed by atoms with Gasteiger partial charge in [-0.2, -0.15) is 0 Å². The molecule has 68 valence electrons. The quantitative estimate of drug-likeness (QED) is 0.552. The lowest BCUT2D eigenvalue weighted by molar-refractivity contribution is 1.21. The maximum atomic E-state index is 7.17. The molecule has 2 heterocycles. The molecule has 0 aliphatic carbocycles. The Kier molecular flexibility index (Phi) is 2.05. The van der Waals surface area contributed by atoms with Crippen LogP contribution in [0.25, 0.3) is 0 Å². The Morgan fingerprint density at radius 3 is 3.08 bits per heavy atom. The zero-order valence-electron chi connectivity index (χ0n) is 7.07. The molecule has 0 radical (unpaired) electrons. The van der Waals surface area contributed by atoms with E-state index in [2.05, 4.69) is 16.3 Å². The minimum atomic E-state index is 0.101. The maximum Gasteiger partial charge on any atom is 0.117 e. The molecule has 1 aromatic rings. The summed E-state index contributed by atoms with van der Waals surface area (Å²) in [7, 11) is 1.99. The highest BCUT2D eigenvalue weighted by atomic mass is 32.2. The highest BCUT2D eigenvalue weighted by Crippen LogP contribution is 2.47. The topological polar surface area (TPSA) is 53.1 Å². The molecule has 1 aliphatic rings. The van der Waals surface area contributed by atoms with E-state index in [1.807, 2.05) is 7.05 Å². The van der Waals surface area contributed by atoms with Crippen LogP contribution in [0.5, 0.6) is 0 Å². The van der Waals surface area contributed by atoms with Gasteiger partial charge in [0.1, 0.15) is 10.8 Å². The Labute approximate surface area is 84.7 Å². The van der Waals surface area contributed by atoms with Gasteiger partial charge in [-0.05, 0) is 11.4 Å². The Bertz CT molecular complexity index is 380. The van der Waals surface area contributed by atoms with Gasteiger partial charge in [0.25, 0.3) is 0 Å². The molecule has 0 aromatic carbocycles. The molecule has 0 spiro atoms. The molecule has 5 heteroatoms. The summed E-state index contributed by atoms with van der Waals surface area (Å²) in [6.45, 7) is 0. The van der Waals surface area contributed by atoms with Crippen LogP contribution in [0.2, 0.25) is 0 Å². The Morgan fingerprint density at radius 1 is 1.69 bits per heavy atom. The summed E-state index contributed by atoms with van der Waals surface area (Å²) in [5.74, 6) is 0.101. The van der Waals surface area contributed by atoms with E-state index >= 15 is 0 Å². The number of nitrogens with zero attached hydrogens (tertiary/aromatic N) is 1. The number of hydrogen-bond donors (Lipinski definition) is 2. The van der Waals surface area contributed by atoms with E-state index in [9.17, 15) is 0 Å². The number of anilines is 1. The summed E-state index contributed by atoms with van der Waals surface area (Å²) in [5, 5.41) is 11.5. The molecule has 0 atom stereocenters. The summed E-state index contributed by atoms with van der Waals surface area (Å²) in [5.41, 5.74) is 5.31. The normalized spacial score (nSPS) is 17.9. The molecule has 3 nitrogen and oxygen atoms in total.